The molecule has 1 N–H and O–H groups in total. The van der Waals surface area contributed by atoms with Crippen LogP contribution in [0.3, 0.4) is 0 Å². The Morgan fingerprint density at radius 2 is 1.94 bits per heavy atom. The molecule has 0 aromatic carbocycles. The van der Waals surface area contributed by atoms with Gasteiger partial charge in [0.05, 0.1) is 0 Å². The summed E-state index contributed by atoms with van der Waals surface area (Å²) in [4.78, 5) is 11.0. The van der Waals surface area contributed by atoms with Crippen LogP contribution in [-0.2, 0) is 0 Å². The second-order valence-electron chi connectivity index (χ2n) is 5.08. The van der Waals surface area contributed by atoms with Crippen molar-refractivity contribution in [1.29, 1.82) is 0 Å². The van der Waals surface area contributed by atoms with E-state index in [0.717, 1.165) is 36.7 Å². The van der Waals surface area contributed by atoms with E-state index in [1.165, 1.54) is 0 Å². The number of nitrogens with one attached hydrogen (secondary N) is 1. The van der Waals surface area contributed by atoms with E-state index in [2.05, 4.69) is 48.1 Å². The van der Waals surface area contributed by atoms with E-state index in [9.17, 15) is 0 Å². The molecule has 0 atom stereocenters. The zero-order valence-electron chi connectivity index (χ0n) is 11.9. The minimum absolute atomic E-state index is 0.283. The molecule has 1 aromatic heterocycles. The molecule has 0 saturated heterocycles. The van der Waals surface area contributed by atoms with Gasteiger partial charge in [0.25, 0.3) is 0 Å². The van der Waals surface area contributed by atoms with Crippen molar-refractivity contribution < 1.29 is 0 Å². The predicted octanol–water partition coefficient (Wildman–Crippen LogP) is 2.93. The monoisotopic (exact) mass is 270 g/mol. The number of hydrogen-bond acceptors (Lipinski definition) is 4. The maximum absolute atomic E-state index is 6.13. The van der Waals surface area contributed by atoms with Gasteiger partial charge in [0.2, 0.25) is 0 Å². The maximum atomic E-state index is 6.13. The van der Waals surface area contributed by atoms with Gasteiger partial charge in [0.15, 0.2) is 0 Å². The molecule has 0 saturated carbocycles. The summed E-state index contributed by atoms with van der Waals surface area (Å²) in [6, 6.07) is 0. The van der Waals surface area contributed by atoms with Gasteiger partial charge >= 0.3 is 0 Å². The summed E-state index contributed by atoms with van der Waals surface area (Å²) in [5, 5.41) is 3.89. The summed E-state index contributed by atoms with van der Waals surface area (Å²) in [7, 11) is 4.15. The number of anilines is 1. The topological polar surface area (TPSA) is 41.1 Å². The van der Waals surface area contributed by atoms with Gasteiger partial charge in [-0.15, -0.1) is 0 Å². The summed E-state index contributed by atoms with van der Waals surface area (Å²) < 4.78 is 0. The van der Waals surface area contributed by atoms with Crippen LogP contribution in [-0.4, -0.2) is 42.1 Å². The van der Waals surface area contributed by atoms with Crippen LogP contribution < -0.4 is 5.32 Å². The van der Waals surface area contributed by atoms with Crippen molar-refractivity contribution in [2.24, 2.45) is 0 Å². The van der Waals surface area contributed by atoms with Crippen molar-refractivity contribution in [2.75, 3.05) is 32.5 Å². The Kier molecular flexibility index (Phi) is 5.82. The molecule has 1 heterocycles. The molecule has 0 aliphatic heterocycles. The Morgan fingerprint density at radius 3 is 2.50 bits per heavy atom. The highest BCUT2D eigenvalue weighted by Crippen LogP contribution is 2.22. The lowest BCUT2D eigenvalue weighted by Crippen LogP contribution is -2.17. The minimum atomic E-state index is 0.283. The summed E-state index contributed by atoms with van der Waals surface area (Å²) in [6.45, 7) is 8.03. The molecule has 0 bridgehead atoms. The molecule has 0 radical (unpaired) electrons. The molecule has 0 fully saturated rings. The summed E-state index contributed by atoms with van der Waals surface area (Å²) in [6.07, 6.45) is 1.07. The SMILES string of the molecule is Cc1c(Cl)nc(C(C)C)nc1NCCCN(C)C. The van der Waals surface area contributed by atoms with Gasteiger partial charge in [-0.1, -0.05) is 25.4 Å². The third-order valence-corrected chi connectivity index (χ3v) is 3.06. The van der Waals surface area contributed by atoms with Crippen LogP contribution >= 0.6 is 11.6 Å². The quantitative estimate of drug-likeness (QED) is 0.637. The van der Waals surface area contributed by atoms with E-state index >= 15 is 0 Å². The average molecular weight is 271 g/mol. The molecule has 0 spiro atoms. The minimum Gasteiger partial charge on any atom is -0.370 e. The fourth-order valence-electron chi connectivity index (χ4n) is 1.54. The summed E-state index contributed by atoms with van der Waals surface area (Å²) in [5.41, 5.74) is 0.922. The van der Waals surface area contributed by atoms with Crippen molar-refractivity contribution >= 4 is 17.4 Å². The van der Waals surface area contributed by atoms with Crippen LogP contribution in [0.1, 0.15) is 37.6 Å². The van der Waals surface area contributed by atoms with Crippen molar-refractivity contribution in [3.8, 4) is 0 Å². The lowest BCUT2D eigenvalue weighted by molar-refractivity contribution is 0.405. The molecule has 0 unspecified atom stereocenters. The van der Waals surface area contributed by atoms with Gasteiger partial charge in [0, 0.05) is 18.0 Å². The van der Waals surface area contributed by atoms with Crippen molar-refractivity contribution in [3.63, 3.8) is 0 Å². The molecule has 0 amide bonds. The van der Waals surface area contributed by atoms with Gasteiger partial charge < -0.3 is 10.2 Å². The smallest absolute Gasteiger partial charge is 0.137 e. The van der Waals surface area contributed by atoms with Crippen molar-refractivity contribution in [1.82, 2.24) is 14.9 Å². The Balaban J connectivity index is 2.69. The highest BCUT2D eigenvalue weighted by molar-refractivity contribution is 6.30. The summed E-state index contributed by atoms with van der Waals surface area (Å²) >= 11 is 6.13. The first-order valence-corrected chi connectivity index (χ1v) is 6.72. The van der Waals surface area contributed by atoms with Gasteiger partial charge in [0.1, 0.15) is 16.8 Å². The van der Waals surface area contributed by atoms with Crippen LogP contribution in [0, 0.1) is 6.92 Å². The fourth-order valence-corrected chi connectivity index (χ4v) is 1.71. The first kappa shape index (κ1) is 15.2. The van der Waals surface area contributed by atoms with E-state index < -0.39 is 0 Å². The van der Waals surface area contributed by atoms with Gasteiger partial charge in [-0.3, -0.25) is 0 Å². The van der Waals surface area contributed by atoms with Crippen LogP contribution in [0.15, 0.2) is 0 Å². The van der Waals surface area contributed by atoms with Crippen LogP contribution in [0.25, 0.3) is 0 Å². The predicted molar refractivity (Wildman–Crippen MR) is 77.5 cm³/mol. The number of aromatic nitrogens is 2. The number of hydrogen-bond donors (Lipinski definition) is 1. The number of halogens is 1. The van der Waals surface area contributed by atoms with E-state index in [-0.39, 0.29) is 5.92 Å². The molecule has 102 valence electrons. The molecular formula is C13H23ClN4. The average Bonchev–Trinajstić information content (AvgIpc) is 2.28. The highest BCUT2D eigenvalue weighted by Gasteiger charge is 2.11. The van der Waals surface area contributed by atoms with Gasteiger partial charge in [-0.05, 0) is 34.0 Å². The first-order valence-electron chi connectivity index (χ1n) is 6.34. The fraction of sp³-hybridized carbons (Fsp3) is 0.692. The zero-order valence-corrected chi connectivity index (χ0v) is 12.7. The van der Waals surface area contributed by atoms with Gasteiger partial charge in [-0.2, -0.15) is 0 Å². The Labute approximate surface area is 115 Å². The van der Waals surface area contributed by atoms with E-state index in [4.69, 9.17) is 11.6 Å². The summed E-state index contributed by atoms with van der Waals surface area (Å²) in [5.74, 6) is 1.93. The van der Waals surface area contributed by atoms with Crippen LogP contribution in [0.4, 0.5) is 5.82 Å². The second kappa shape index (κ2) is 6.90. The normalized spacial score (nSPS) is 11.3. The number of rotatable bonds is 6. The largest absolute Gasteiger partial charge is 0.370 e. The molecular weight excluding hydrogens is 248 g/mol. The zero-order chi connectivity index (χ0) is 13.7. The third-order valence-electron chi connectivity index (χ3n) is 2.69. The Bertz CT molecular complexity index is 391. The highest BCUT2D eigenvalue weighted by atomic mass is 35.5. The van der Waals surface area contributed by atoms with E-state index in [1.54, 1.807) is 0 Å². The first-order chi connectivity index (χ1) is 8.41. The third kappa shape index (κ3) is 4.42. The van der Waals surface area contributed by atoms with Crippen LogP contribution in [0.5, 0.6) is 0 Å². The molecule has 0 aliphatic rings. The lowest BCUT2D eigenvalue weighted by Gasteiger charge is -2.14. The number of nitrogens with zero attached hydrogens (tertiary/aromatic N) is 3. The molecule has 5 heteroatoms. The molecule has 18 heavy (non-hydrogen) atoms. The standard InChI is InChI=1S/C13H23ClN4/c1-9(2)12-16-11(14)10(3)13(17-12)15-7-6-8-18(4)5/h9H,6-8H2,1-5H3,(H,15,16,17). The maximum Gasteiger partial charge on any atom is 0.137 e. The van der Waals surface area contributed by atoms with Gasteiger partial charge in [-0.25, -0.2) is 9.97 Å². The van der Waals surface area contributed by atoms with E-state index in [0.29, 0.717) is 5.15 Å². The Morgan fingerprint density at radius 1 is 1.28 bits per heavy atom. The second-order valence-corrected chi connectivity index (χ2v) is 5.44. The molecule has 4 nitrogen and oxygen atoms in total. The van der Waals surface area contributed by atoms with Crippen molar-refractivity contribution in [3.05, 3.63) is 16.5 Å². The lowest BCUT2D eigenvalue weighted by atomic mass is 10.2. The Hall–Kier alpha value is -0.870. The van der Waals surface area contributed by atoms with Crippen LogP contribution in [0.2, 0.25) is 5.15 Å². The molecule has 1 rings (SSSR count). The van der Waals surface area contributed by atoms with E-state index in [1.807, 2.05) is 6.92 Å². The molecule has 0 aliphatic carbocycles. The van der Waals surface area contributed by atoms with Crippen molar-refractivity contribution in [2.45, 2.75) is 33.1 Å². The molecule has 1 aromatic rings.